The molecule has 0 aliphatic carbocycles. The van der Waals surface area contributed by atoms with Gasteiger partial charge in [0.05, 0.1) is 29.9 Å². The Bertz CT molecular complexity index is 1340. The molecule has 4 N–H and O–H groups in total. The molecule has 0 radical (unpaired) electrons. The van der Waals surface area contributed by atoms with Crippen LogP contribution in [0.3, 0.4) is 0 Å². The summed E-state index contributed by atoms with van der Waals surface area (Å²) in [7, 11) is -4.80. The van der Waals surface area contributed by atoms with Gasteiger partial charge in [0.25, 0.3) is 0 Å². The second-order valence-corrected chi connectivity index (χ2v) is 11.7. The standard InChI is InChI=1S/C25H28F6N3O5PS/c1-23(32,15-39-40(35,36)37)22-34-33-21(41-22)17-9-12-20(19(14-17)25(29,30)31)38-13-5-3-2-4-6-16-7-10-18(11-8-16)24(26,27)28/h7-12,14H,2-6,13,15,32H2,1H3,(H2,35,36,37)/t23-/m0/s1. The van der Waals surface area contributed by atoms with Crippen molar-refractivity contribution in [1.82, 2.24) is 10.2 Å². The lowest BCUT2D eigenvalue weighted by atomic mass is 10.0. The lowest BCUT2D eigenvalue weighted by Gasteiger charge is -2.21. The molecule has 1 aromatic heterocycles. The van der Waals surface area contributed by atoms with Crippen molar-refractivity contribution in [3.05, 3.63) is 64.2 Å². The van der Waals surface area contributed by atoms with Crippen LogP contribution in [-0.2, 0) is 33.4 Å². The molecule has 0 aliphatic rings. The predicted octanol–water partition coefficient (Wildman–Crippen LogP) is 6.71. The number of hydrogen-bond donors (Lipinski definition) is 3. The maximum atomic E-state index is 13.8. The molecular formula is C25H28F6N3O5PS. The Morgan fingerprint density at radius 2 is 1.59 bits per heavy atom. The van der Waals surface area contributed by atoms with Crippen LogP contribution in [0, 0.1) is 0 Å². The Morgan fingerprint density at radius 3 is 2.20 bits per heavy atom. The van der Waals surface area contributed by atoms with Gasteiger partial charge in [-0.1, -0.05) is 36.3 Å². The summed E-state index contributed by atoms with van der Waals surface area (Å²) in [6.07, 6.45) is -5.92. The number of nitrogens with zero attached hydrogens (tertiary/aromatic N) is 2. The summed E-state index contributed by atoms with van der Waals surface area (Å²) in [5.41, 5.74) is 3.72. The van der Waals surface area contributed by atoms with E-state index in [4.69, 9.17) is 20.3 Å². The molecule has 2 aromatic carbocycles. The molecule has 41 heavy (non-hydrogen) atoms. The third-order valence-corrected chi connectivity index (χ3v) is 7.59. The molecule has 0 saturated heterocycles. The minimum absolute atomic E-state index is 0.0385. The van der Waals surface area contributed by atoms with Crippen LogP contribution < -0.4 is 10.5 Å². The maximum absolute atomic E-state index is 13.8. The molecule has 0 amide bonds. The van der Waals surface area contributed by atoms with E-state index in [1.807, 2.05) is 0 Å². The van der Waals surface area contributed by atoms with Gasteiger partial charge in [-0.15, -0.1) is 10.2 Å². The van der Waals surface area contributed by atoms with Crippen molar-refractivity contribution in [2.24, 2.45) is 5.73 Å². The molecule has 0 unspecified atom stereocenters. The lowest BCUT2D eigenvalue weighted by Crippen LogP contribution is -2.37. The monoisotopic (exact) mass is 627 g/mol. The highest BCUT2D eigenvalue weighted by Gasteiger charge is 2.36. The molecule has 0 saturated carbocycles. The van der Waals surface area contributed by atoms with E-state index >= 15 is 0 Å². The van der Waals surface area contributed by atoms with E-state index in [9.17, 15) is 30.9 Å². The topological polar surface area (TPSA) is 128 Å². The Kier molecular flexibility index (Phi) is 10.6. The summed E-state index contributed by atoms with van der Waals surface area (Å²) in [5, 5.41) is 7.94. The van der Waals surface area contributed by atoms with Crippen molar-refractivity contribution in [3.8, 4) is 16.3 Å². The molecule has 0 aliphatic heterocycles. The van der Waals surface area contributed by atoms with E-state index in [0.29, 0.717) is 25.7 Å². The van der Waals surface area contributed by atoms with Gasteiger partial charge in [-0.2, -0.15) is 26.3 Å². The third-order valence-electron chi connectivity index (χ3n) is 5.88. The molecule has 3 aromatic rings. The fraction of sp³-hybridized carbons (Fsp3) is 0.440. The van der Waals surface area contributed by atoms with Gasteiger partial charge < -0.3 is 20.3 Å². The summed E-state index contributed by atoms with van der Waals surface area (Å²) >= 11 is 0.859. The van der Waals surface area contributed by atoms with Gasteiger partial charge in [0.1, 0.15) is 15.8 Å². The first kappa shape index (κ1) is 33.0. The first-order valence-electron chi connectivity index (χ1n) is 12.3. The smallest absolute Gasteiger partial charge is 0.469 e. The average molecular weight is 628 g/mol. The van der Waals surface area contributed by atoms with Crippen LogP contribution in [0.25, 0.3) is 10.6 Å². The number of benzene rings is 2. The fourth-order valence-electron chi connectivity index (χ4n) is 3.69. The van der Waals surface area contributed by atoms with Gasteiger partial charge in [0, 0.05) is 5.56 Å². The Labute approximate surface area is 235 Å². The van der Waals surface area contributed by atoms with Gasteiger partial charge in [-0.05, 0) is 62.1 Å². The molecule has 0 bridgehead atoms. The second-order valence-electron chi connectivity index (χ2n) is 9.51. The summed E-state index contributed by atoms with van der Waals surface area (Å²) in [4.78, 5) is 17.8. The van der Waals surface area contributed by atoms with Gasteiger partial charge in [-0.3, -0.25) is 4.52 Å². The Morgan fingerprint density at radius 1 is 0.927 bits per heavy atom. The number of rotatable bonds is 13. The van der Waals surface area contributed by atoms with Gasteiger partial charge >= 0.3 is 20.2 Å². The van der Waals surface area contributed by atoms with Crippen molar-refractivity contribution in [2.75, 3.05) is 13.2 Å². The van der Waals surface area contributed by atoms with Gasteiger partial charge in [0.15, 0.2) is 0 Å². The first-order chi connectivity index (χ1) is 19.0. The van der Waals surface area contributed by atoms with E-state index in [2.05, 4.69) is 14.7 Å². The Balaban J connectivity index is 1.54. The number of ether oxygens (including phenoxy) is 1. The molecule has 8 nitrogen and oxygen atoms in total. The number of unbranched alkanes of at least 4 members (excludes halogenated alkanes) is 3. The highest BCUT2D eigenvalue weighted by atomic mass is 32.1. The van der Waals surface area contributed by atoms with Crippen molar-refractivity contribution in [2.45, 2.75) is 56.9 Å². The number of alkyl halides is 6. The number of aryl methyl sites for hydroxylation is 1. The van der Waals surface area contributed by atoms with Crippen LogP contribution in [0.4, 0.5) is 26.3 Å². The average Bonchev–Trinajstić information content (AvgIpc) is 3.37. The van der Waals surface area contributed by atoms with Crippen LogP contribution in [-0.4, -0.2) is 33.2 Å². The van der Waals surface area contributed by atoms with Crippen LogP contribution in [0.1, 0.15) is 54.3 Å². The van der Waals surface area contributed by atoms with Crippen LogP contribution >= 0.6 is 19.2 Å². The quantitative estimate of drug-likeness (QED) is 0.108. The zero-order valence-corrected chi connectivity index (χ0v) is 23.4. The molecule has 3 rings (SSSR count). The van der Waals surface area contributed by atoms with Crippen molar-refractivity contribution in [3.63, 3.8) is 0 Å². The number of aromatic nitrogens is 2. The molecule has 1 atom stereocenters. The third kappa shape index (κ3) is 10.0. The van der Waals surface area contributed by atoms with E-state index in [-0.39, 0.29) is 27.9 Å². The predicted molar refractivity (Wildman–Crippen MR) is 139 cm³/mol. The molecule has 0 spiro atoms. The Hall–Kier alpha value is -2.55. The molecule has 0 fully saturated rings. The highest BCUT2D eigenvalue weighted by Crippen LogP contribution is 2.41. The maximum Gasteiger partial charge on any atom is 0.469 e. The number of phosphoric ester groups is 1. The largest absolute Gasteiger partial charge is 0.493 e. The number of nitrogens with two attached hydrogens (primary N) is 1. The van der Waals surface area contributed by atoms with Crippen molar-refractivity contribution < 1.29 is 50.0 Å². The first-order valence-corrected chi connectivity index (χ1v) is 14.6. The highest BCUT2D eigenvalue weighted by molar-refractivity contribution is 7.46. The summed E-state index contributed by atoms with van der Waals surface area (Å²) in [6.45, 7) is 0.831. The SMILES string of the molecule is C[C@](N)(COP(=O)(O)O)c1nnc(-c2ccc(OCCCCCCc3ccc(C(F)(F)F)cc3)c(C(F)(F)F)c2)s1. The van der Waals surface area contributed by atoms with Crippen molar-refractivity contribution >= 4 is 19.2 Å². The minimum atomic E-state index is -4.80. The fourth-order valence-corrected chi connectivity index (χ4v) is 5.01. The van der Waals surface area contributed by atoms with Crippen LogP contribution in [0.5, 0.6) is 5.75 Å². The number of hydrogen-bond acceptors (Lipinski definition) is 7. The summed E-state index contributed by atoms with van der Waals surface area (Å²) in [6, 6.07) is 8.40. The van der Waals surface area contributed by atoms with Crippen molar-refractivity contribution in [1.29, 1.82) is 0 Å². The van der Waals surface area contributed by atoms with E-state index in [1.54, 1.807) is 0 Å². The second kappa shape index (κ2) is 13.2. The normalized spacial score (nSPS) is 14.2. The molecule has 16 heteroatoms. The summed E-state index contributed by atoms with van der Waals surface area (Å²) in [5.74, 6) is -0.352. The van der Waals surface area contributed by atoms with Gasteiger partial charge in [0.2, 0.25) is 0 Å². The molecule has 1 heterocycles. The van der Waals surface area contributed by atoms with E-state index in [0.717, 1.165) is 41.5 Å². The van der Waals surface area contributed by atoms with Gasteiger partial charge in [-0.25, -0.2) is 4.57 Å². The zero-order chi connectivity index (χ0) is 30.5. The van der Waals surface area contributed by atoms with E-state index in [1.165, 1.54) is 31.2 Å². The lowest BCUT2D eigenvalue weighted by molar-refractivity contribution is -0.139. The molecule has 226 valence electrons. The number of halogens is 6. The zero-order valence-electron chi connectivity index (χ0n) is 21.7. The summed E-state index contributed by atoms with van der Waals surface area (Å²) < 4.78 is 100. The molecular weight excluding hydrogens is 599 g/mol. The number of phosphoric acid groups is 1. The van der Waals surface area contributed by atoms with Crippen LogP contribution in [0.15, 0.2) is 42.5 Å². The van der Waals surface area contributed by atoms with E-state index < -0.39 is 43.4 Å². The minimum Gasteiger partial charge on any atom is -0.493 e. The van der Waals surface area contributed by atoms with Crippen LogP contribution in [0.2, 0.25) is 0 Å².